The van der Waals surface area contributed by atoms with E-state index in [-0.39, 0.29) is 0 Å². The number of imidazole rings is 1. The number of aromatic amines is 1. The van der Waals surface area contributed by atoms with Crippen molar-refractivity contribution in [1.82, 2.24) is 15.0 Å². The summed E-state index contributed by atoms with van der Waals surface area (Å²) in [5.74, 6) is 0.811. The number of hydrogen-bond acceptors (Lipinski definition) is 3. The van der Waals surface area contributed by atoms with Crippen LogP contribution in [0.25, 0.3) is 21.7 Å². The van der Waals surface area contributed by atoms with Crippen LogP contribution in [-0.2, 0) is 0 Å². The number of aryl methyl sites for hydroxylation is 1. The molecular weight excluding hydrogens is 242 g/mol. The van der Waals surface area contributed by atoms with Crippen molar-refractivity contribution in [2.24, 2.45) is 0 Å². The van der Waals surface area contributed by atoms with Crippen molar-refractivity contribution in [2.45, 2.75) is 6.92 Å². The molecule has 3 aromatic rings. The van der Waals surface area contributed by atoms with E-state index < -0.39 is 0 Å². The first-order valence-corrected chi connectivity index (χ1v) is 6.05. The van der Waals surface area contributed by atoms with Crippen LogP contribution in [0.1, 0.15) is 5.56 Å². The van der Waals surface area contributed by atoms with Crippen molar-refractivity contribution in [3.63, 3.8) is 0 Å². The van der Waals surface area contributed by atoms with E-state index in [9.17, 15) is 0 Å². The van der Waals surface area contributed by atoms with Gasteiger partial charge >= 0.3 is 0 Å². The summed E-state index contributed by atoms with van der Waals surface area (Å²) in [6, 6.07) is 1.88. The Kier molecular flexibility index (Phi) is 2.19. The summed E-state index contributed by atoms with van der Waals surface area (Å²) in [5.41, 5.74) is 2.92. The number of hydrogen-bond donors (Lipinski definition) is 1. The average Bonchev–Trinajstić information content (AvgIpc) is 2.84. The van der Waals surface area contributed by atoms with Gasteiger partial charge in [0.1, 0.15) is 5.82 Å². The molecule has 0 spiro atoms. The van der Waals surface area contributed by atoms with Crippen LogP contribution in [0, 0.1) is 6.92 Å². The maximum absolute atomic E-state index is 6.21. The molecule has 0 bridgehead atoms. The van der Waals surface area contributed by atoms with Gasteiger partial charge in [-0.15, -0.1) is 11.3 Å². The Morgan fingerprint density at radius 2 is 2.31 bits per heavy atom. The zero-order chi connectivity index (χ0) is 11.1. The first kappa shape index (κ1) is 9.81. The molecule has 0 radical (unpaired) electrons. The molecule has 3 nitrogen and oxygen atoms in total. The van der Waals surface area contributed by atoms with E-state index in [1.54, 1.807) is 23.7 Å². The number of nitrogens with one attached hydrogen (secondary N) is 1. The summed E-state index contributed by atoms with van der Waals surface area (Å²) >= 11 is 7.80. The minimum atomic E-state index is 0.775. The summed E-state index contributed by atoms with van der Waals surface area (Å²) in [6.45, 7) is 1.99. The van der Waals surface area contributed by atoms with Crippen LogP contribution in [-0.4, -0.2) is 15.0 Å². The molecule has 3 heterocycles. The van der Waals surface area contributed by atoms with Gasteiger partial charge in [-0.3, -0.25) is 4.98 Å². The fourth-order valence-corrected chi connectivity index (χ4v) is 2.78. The predicted octanol–water partition coefficient (Wildman–Crippen LogP) is 3.65. The fourth-order valence-electron chi connectivity index (χ4n) is 1.55. The van der Waals surface area contributed by atoms with Crippen LogP contribution in [0.4, 0.5) is 0 Å². The van der Waals surface area contributed by atoms with Gasteiger partial charge < -0.3 is 4.98 Å². The van der Waals surface area contributed by atoms with Crippen molar-refractivity contribution in [2.75, 3.05) is 0 Å². The third-order valence-corrected chi connectivity index (χ3v) is 4.10. The molecule has 16 heavy (non-hydrogen) atoms. The van der Waals surface area contributed by atoms with Crippen molar-refractivity contribution in [1.29, 1.82) is 0 Å². The first-order valence-electron chi connectivity index (χ1n) is 4.79. The lowest BCUT2D eigenvalue weighted by Gasteiger charge is -1.92. The second-order valence-corrected chi connectivity index (χ2v) is 4.80. The highest BCUT2D eigenvalue weighted by molar-refractivity contribution is 7.14. The molecule has 0 amide bonds. The normalized spacial score (nSPS) is 11.1. The smallest absolute Gasteiger partial charge is 0.150 e. The van der Waals surface area contributed by atoms with E-state index in [0.29, 0.717) is 0 Å². The molecule has 0 saturated carbocycles. The summed E-state index contributed by atoms with van der Waals surface area (Å²) in [5, 5.41) is 2.81. The topological polar surface area (TPSA) is 41.6 Å². The highest BCUT2D eigenvalue weighted by atomic mass is 35.5. The SMILES string of the molecule is Cc1csc(-c2nc3ccncc3[nH]2)c1Cl. The van der Waals surface area contributed by atoms with Crippen molar-refractivity contribution >= 4 is 34.0 Å². The number of rotatable bonds is 1. The third-order valence-electron chi connectivity index (χ3n) is 2.40. The lowest BCUT2D eigenvalue weighted by Crippen LogP contribution is -1.76. The van der Waals surface area contributed by atoms with E-state index in [1.165, 1.54) is 0 Å². The van der Waals surface area contributed by atoms with Crippen LogP contribution in [0.3, 0.4) is 0 Å². The van der Waals surface area contributed by atoms with Crippen LogP contribution >= 0.6 is 22.9 Å². The lowest BCUT2D eigenvalue weighted by molar-refractivity contribution is 1.34. The fraction of sp³-hybridized carbons (Fsp3) is 0.0909. The molecule has 3 rings (SSSR count). The Bertz CT molecular complexity index is 623. The van der Waals surface area contributed by atoms with Crippen LogP contribution in [0.2, 0.25) is 5.02 Å². The van der Waals surface area contributed by atoms with E-state index in [1.807, 2.05) is 18.4 Å². The molecule has 0 aromatic carbocycles. The quantitative estimate of drug-likeness (QED) is 0.715. The number of H-pyrrole nitrogens is 1. The number of fused-ring (bicyclic) bond motifs is 1. The molecule has 0 aliphatic carbocycles. The van der Waals surface area contributed by atoms with E-state index in [0.717, 1.165) is 32.3 Å². The molecule has 0 aliphatic heterocycles. The third kappa shape index (κ3) is 1.42. The Labute approximate surface area is 101 Å². The van der Waals surface area contributed by atoms with Gasteiger partial charge in [-0.1, -0.05) is 11.6 Å². The minimum absolute atomic E-state index is 0.775. The molecule has 0 atom stereocenters. The van der Waals surface area contributed by atoms with Crippen LogP contribution in [0.5, 0.6) is 0 Å². The maximum Gasteiger partial charge on any atom is 0.150 e. The zero-order valence-electron chi connectivity index (χ0n) is 8.49. The molecule has 0 fully saturated rings. The van der Waals surface area contributed by atoms with Gasteiger partial charge in [0.25, 0.3) is 0 Å². The molecule has 0 aliphatic rings. The number of halogens is 1. The van der Waals surface area contributed by atoms with Gasteiger partial charge in [0.2, 0.25) is 0 Å². The molecule has 0 saturated heterocycles. The maximum atomic E-state index is 6.21. The number of aromatic nitrogens is 3. The second-order valence-electron chi connectivity index (χ2n) is 3.54. The Hall–Kier alpha value is -1.39. The van der Waals surface area contributed by atoms with Crippen molar-refractivity contribution in [3.8, 4) is 10.7 Å². The van der Waals surface area contributed by atoms with Crippen LogP contribution < -0.4 is 0 Å². The highest BCUT2D eigenvalue weighted by Gasteiger charge is 2.12. The van der Waals surface area contributed by atoms with Gasteiger partial charge in [0, 0.05) is 6.20 Å². The Balaban J connectivity index is 2.23. The Morgan fingerprint density at radius 1 is 1.44 bits per heavy atom. The van der Waals surface area contributed by atoms with Gasteiger partial charge in [-0.25, -0.2) is 4.98 Å². The van der Waals surface area contributed by atoms with E-state index in [2.05, 4.69) is 15.0 Å². The van der Waals surface area contributed by atoms with Gasteiger partial charge in [0.15, 0.2) is 0 Å². The first-order chi connectivity index (χ1) is 7.75. The zero-order valence-corrected chi connectivity index (χ0v) is 10.1. The number of pyridine rings is 1. The van der Waals surface area contributed by atoms with Gasteiger partial charge in [-0.2, -0.15) is 0 Å². The van der Waals surface area contributed by atoms with Crippen molar-refractivity contribution in [3.05, 3.63) is 34.4 Å². The number of nitrogens with zero attached hydrogens (tertiary/aromatic N) is 2. The summed E-state index contributed by atoms with van der Waals surface area (Å²) < 4.78 is 0. The van der Waals surface area contributed by atoms with E-state index >= 15 is 0 Å². The standard InChI is InChI=1S/C11H8ClN3S/c1-6-5-16-10(9(6)12)11-14-7-2-3-13-4-8(7)15-11/h2-5H,1H3,(H,14,15). The largest absolute Gasteiger partial charge is 0.336 e. The molecule has 5 heteroatoms. The average molecular weight is 250 g/mol. The summed E-state index contributed by atoms with van der Waals surface area (Å²) in [4.78, 5) is 12.7. The second kappa shape index (κ2) is 3.57. The monoisotopic (exact) mass is 249 g/mol. The predicted molar refractivity (Wildman–Crippen MR) is 66.9 cm³/mol. The molecule has 1 N–H and O–H groups in total. The van der Waals surface area contributed by atoms with Crippen LogP contribution in [0.15, 0.2) is 23.8 Å². The molecular formula is C11H8ClN3S. The molecule has 3 aromatic heterocycles. The number of thiophene rings is 1. The van der Waals surface area contributed by atoms with Gasteiger partial charge in [0.05, 0.1) is 27.1 Å². The van der Waals surface area contributed by atoms with Crippen molar-refractivity contribution < 1.29 is 0 Å². The highest BCUT2D eigenvalue weighted by Crippen LogP contribution is 2.35. The summed E-state index contributed by atoms with van der Waals surface area (Å²) in [6.07, 6.45) is 3.49. The molecule has 80 valence electrons. The Morgan fingerprint density at radius 3 is 3.00 bits per heavy atom. The summed E-state index contributed by atoms with van der Waals surface area (Å²) in [7, 11) is 0. The minimum Gasteiger partial charge on any atom is -0.336 e. The van der Waals surface area contributed by atoms with Gasteiger partial charge in [-0.05, 0) is 23.9 Å². The lowest BCUT2D eigenvalue weighted by atomic mass is 10.3. The molecule has 0 unspecified atom stereocenters. The van der Waals surface area contributed by atoms with E-state index in [4.69, 9.17) is 11.6 Å².